The van der Waals surface area contributed by atoms with Crippen LogP contribution < -0.4 is 5.32 Å². The van der Waals surface area contributed by atoms with Gasteiger partial charge < -0.3 is 15.1 Å². The van der Waals surface area contributed by atoms with Crippen LogP contribution in [0.15, 0.2) is 0 Å². The van der Waals surface area contributed by atoms with Crippen LogP contribution in [0.25, 0.3) is 0 Å². The largest absolute Gasteiger partial charge is 0.341 e. The minimum Gasteiger partial charge on any atom is -0.341 e. The average Bonchev–Trinajstić information content (AvgIpc) is 2.48. The molecule has 3 unspecified atom stereocenters. The van der Waals surface area contributed by atoms with Gasteiger partial charge in [0.1, 0.15) is 0 Å². The van der Waals surface area contributed by atoms with Crippen LogP contribution in [-0.4, -0.2) is 62.0 Å². The molecule has 2 aliphatic rings. The zero-order chi connectivity index (χ0) is 14.5. The van der Waals surface area contributed by atoms with Crippen LogP contribution >= 0.6 is 0 Å². The first-order valence-electron chi connectivity index (χ1n) is 8.23. The molecule has 2 fully saturated rings. The van der Waals surface area contributed by atoms with Crippen molar-refractivity contribution < 1.29 is 4.79 Å². The van der Waals surface area contributed by atoms with Crippen molar-refractivity contribution in [3.63, 3.8) is 0 Å². The van der Waals surface area contributed by atoms with Gasteiger partial charge in [-0.25, -0.2) is 0 Å². The summed E-state index contributed by atoms with van der Waals surface area (Å²) in [6, 6.07) is 0.541. The molecule has 4 nitrogen and oxygen atoms in total. The topological polar surface area (TPSA) is 35.6 Å². The van der Waals surface area contributed by atoms with Crippen LogP contribution in [-0.2, 0) is 4.79 Å². The molecule has 20 heavy (non-hydrogen) atoms. The third-order valence-electron chi connectivity index (χ3n) is 5.12. The third kappa shape index (κ3) is 4.19. The van der Waals surface area contributed by atoms with E-state index in [0.29, 0.717) is 23.8 Å². The normalized spacial score (nSPS) is 29.5. The molecule has 0 aliphatic carbocycles. The van der Waals surface area contributed by atoms with Gasteiger partial charge in [0.25, 0.3) is 0 Å². The van der Waals surface area contributed by atoms with E-state index in [1.165, 1.54) is 19.3 Å². The Balaban J connectivity index is 1.81. The molecule has 0 saturated carbocycles. The zero-order valence-corrected chi connectivity index (χ0v) is 13.4. The van der Waals surface area contributed by atoms with Crippen molar-refractivity contribution in [1.82, 2.24) is 15.1 Å². The van der Waals surface area contributed by atoms with E-state index in [2.05, 4.69) is 36.1 Å². The second-order valence-electron chi connectivity index (χ2n) is 6.89. The summed E-state index contributed by atoms with van der Waals surface area (Å²) < 4.78 is 0. The summed E-state index contributed by atoms with van der Waals surface area (Å²) in [7, 11) is 4.24. The highest BCUT2D eigenvalue weighted by molar-refractivity contribution is 5.76. The lowest BCUT2D eigenvalue weighted by atomic mass is 9.85. The van der Waals surface area contributed by atoms with E-state index in [-0.39, 0.29) is 0 Å². The summed E-state index contributed by atoms with van der Waals surface area (Å²) in [5.41, 5.74) is 0. The first kappa shape index (κ1) is 15.8. The van der Waals surface area contributed by atoms with Gasteiger partial charge in [0, 0.05) is 25.6 Å². The number of likely N-dealkylation sites (tertiary alicyclic amines) is 1. The van der Waals surface area contributed by atoms with Gasteiger partial charge in [0.05, 0.1) is 0 Å². The maximum atomic E-state index is 12.5. The third-order valence-corrected chi connectivity index (χ3v) is 5.12. The molecule has 0 radical (unpaired) electrons. The number of carbonyl (C=O) groups is 1. The number of hydrogen-bond donors (Lipinski definition) is 1. The highest BCUT2D eigenvalue weighted by Gasteiger charge is 2.28. The van der Waals surface area contributed by atoms with Crippen molar-refractivity contribution in [2.75, 3.05) is 40.3 Å². The molecule has 2 saturated heterocycles. The molecule has 116 valence electrons. The van der Waals surface area contributed by atoms with Crippen LogP contribution in [0, 0.1) is 11.8 Å². The number of nitrogens with zero attached hydrogens (tertiary/aromatic N) is 2. The van der Waals surface area contributed by atoms with Crippen LogP contribution in [0.3, 0.4) is 0 Å². The summed E-state index contributed by atoms with van der Waals surface area (Å²) in [5, 5.41) is 3.46. The highest BCUT2D eigenvalue weighted by atomic mass is 16.2. The molecular weight excluding hydrogens is 250 g/mol. The smallest absolute Gasteiger partial charge is 0.222 e. The van der Waals surface area contributed by atoms with Crippen molar-refractivity contribution in [2.45, 2.75) is 45.1 Å². The Morgan fingerprint density at radius 3 is 2.80 bits per heavy atom. The molecule has 4 heteroatoms. The predicted octanol–water partition coefficient (Wildman–Crippen LogP) is 1.56. The maximum Gasteiger partial charge on any atom is 0.222 e. The van der Waals surface area contributed by atoms with Crippen molar-refractivity contribution in [3.8, 4) is 0 Å². The van der Waals surface area contributed by atoms with Gasteiger partial charge >= 0.3 is 0 Å². The Bertz CT molecular complexity index is 313. The van der Waals surface area contributed by atoms with E-state index in [9.17, 15) is 4.79 Å². The second kappa shape index (κ2) is 7.41. The van der Waals surface area contributed by atoms with E-state index in [1.807, 2.05) is 0 Å². The van der Waals surface area contributed by atoms with Crippen molar-refractivity contribution in [1.29, 1.82) is 0 Å². The molecule has 0 aromatic rings. The first-order valence-corrected chi connectivity index (χ1v) is 8.23. The SMILES string of the molecule is CC(CC(=O)N1CCCC(N(C)C)C1)C1CCCNC1. The monoisotopic (exact) mass is 281 g/mol. The van der Waals surface area contributed by atoms with Crippen molar-refractivity contribution in [2.24, 2.45) is 11.8 Å². The molecule has 2 aliphatic heterocycles. The molecule has 3 atom stereocenters. The van der Waals surface area contributed by atoms with Crippen LogP contribution in [0.1, 0.15) is 39.0 Å². The van der Waals surface area contributed by atoms with Crippen LogP contribution in [0.4, 0.5) is 0 Å². The summed E-state index contributed by atoms with van der Waals surface area (Å²) in [5.74, 6) is 1.56. The number of amides is 1. The lowest BCUT2D eigenvalue weighted by molar-refractivity contribution is -0.134. The van der Waals surface area contributed by atoms with Gasteiger partial charge in [-0.1, -0.05) is 6.92 Å². The van der Waals surface area contributed by atoms with Crippen molar-refractivity contribution in [3.05, 3.63) is 0 Å². The van der Waals surface area contributed by atoms with Gasteiger partial charge in [-0.15, -0.1) is 0 Å². The number of likely N-dealkylation sites (N-methyl/N-ethyl adjacent to an activating group) is 1. The number of carbonyl (C=O) groups excluding carboxylic acids is 1. The van der Waals surface area contributed by atoms with Crippen LogP contribution in [0.2, 0.25) is 0 Å². The molecule has 0 bridgehead atoms. The Labute approximate surface area is 123 Å². The zero-order valence-electron chi connectivity index (χ0n) is 13.4. The van der Waals surface area contributed by atoms with E-state index in [1.54, 1.807) is 0 Å². The Morgan fingerprint density at radius 1 is 1.35 bits per heavy atom. The summed E-state index contributed by atoms with van der Waals surface area (Å²) >= 11 is 0. The Hall–Kier alpha value is -0.610. The predicted molar refractivity (Wildman–Crippen MR) is 82.7 cm³/mol. The standard InChI is InChI=1S/C16H31N3O/c1-13(14-6-4-8-17-11-14)10-16(20)19-9-5-7-15(12-19)18(2)3/h13-15,17H,4-12H2,1-3H3. The molecule has 0 aromatic carbocycles. The van der Waals surface area contributed by atoms with Crippen LogP contribution in [0.5, 0.6) is 0 Å². The fourth-order valence-corrected chi connectivity index (χ4v) is 3.54. The molecule has 1 amide bonds. The fraction of sp³-hybridized carbons (Fsp3) is 0.938. The summed E-state index contributed by atoms with van der Waals surface area (Å²) in [6.07, 6.45) is 5.64. The molecule has 1 N–H and O–H groups in total. The minimum absolute atomic E-state index is 0.370. The second-order valence-corrected chi connectivity index (χ2v) is 6.89. The van der Waals surface area contributed by atoms with E-state index >= 15 is 0 Å². The Morgan fingerprint density at radius 2 is 2.15 bits per heavy atom. The van der Waals surface area contributed by atoms with Crippen molar-refractivity contribution >= 4 is 5.91 Å². The Kier molecular flexibility index (Phi) is 5.85. The van der Waals surface area contributed by atoms with Gasteiger partial charge in [-0.3, -0.25) is 4.79 Å². The van der Waals surface area contributed by atoms with Gasteiger partial charge in [-0.2, -0.15) is 0 Å². The molecule has 2 rings (SSSR count). The maximum absolute atomic E-state index is 12.5. The number of rotatable bonds is 4. The molecule has 2 heterocycles. The van der Waals surface area contributed by atoms with Gasteiger partial charge in [-0.05, 0) is 64.7 Å². The lowest BCUT2D eigenvalue weighted by Crippen LogP contribution is -2.48. The first-order chi connectivity index (χ1) is 9.58. The lowest BCUT2D eigenvalue weighted by Gasteiger charge is -2.37. The van der Waals surface area contributed by atoms with E-state index in [0.717, 1.165) is 39.0 Å². The average molecular weight is 281 g/mol. The van der Waals surface area contributed by atoms with Gasteiger partial charge in [0.2, 0.25) is 5.91 Å². The number of nitrogens with one attached hydrogen (secondary N) is 1. The fourth-order valence-electron chi connectivity index (χ4n) is 3.54. The highest BCUT2D eigenvalue weighted by Crippen LogP contribution is 2.24. The number of piperidine rings is 2. The summed E-state index contributed by atoms with van der Waals surface area (Å²) in [4.78, 5) is 16.9. The number of hydrogen-bond acceptors (Lipinski definition) is 3. The minimum atomic E-state index is 0.370. The molecule has 0 aromatic heterocycles. The van der Waals surface area contributed by atoms with E-state index in [4.69, 9.17) is 0 Å². The molecule has 0 spiro atoms. The van der Waals surface area contributed by atoms with E-state index < -0.39 is 0 Å². The summed E-state index contributed by atoms with van der Waals surface area (Å²) in [6.45, 7) is 6.37. The van der Waals surface area contributed by atoms with Gasteiger partial charge in [0.15, 0.2) is 0 Å². The molecular formula is C16H31N3O. The quantitative estimate of drug-likeness (QED) is 0.849.